The van der Waals surface area contributed by atoms with E-state index in [1.165, 1.54) is 0 Å². The van der Waals surface area contributed by atoms with Gasteiger partial charge in [-0.05, 0) is 19.8 Å². The second-order valence-electron chi connectivity index (χ2n) is 5.74. The lowest BCUT2D eigenvalue weighted by Gasteiger charge is -2.39. The number of amidine groups is 1. The first-order chi connectivity index (χ1) is 9.32. The lowest BCUT2D eigenvalue weighted by Crippen LogP contribution is -2.57. The molecule has 114 valence electrons. The first kappa shape index (κ1) is 15.1. The van der Waals surface area contributed by atoms with Gasteiger partial charge in [0.25, 0.3) is 0 Å². The van der Waals surface area contributed by atoms with Gasteiger partial charge in [0.2, 0.25) is 5.91 Å². The summed E-state index contributed by atoms with van der Waals surface area (Å²) in [5.74, 6) is -0.298. The van der Waals surface area contributed by atoms with Gasteiger partial charge in [-0.15, -0.1) is 0 Å². The maximum atomic E-state index is 12.8. The first-order valence-corrected chi connectivity index (χ1v) is 8.64. The molecular weight excluding hydrogens is 282 g/mol. The summed E-state index contributed by atoms with van der Waals surface area (Å²) in [7, 11) is -3.07. The van der Waals surface area contributed by atoms with Crippen LogP contribution in [0.5, 0.6) is 0 Å². The van der Waals surface area contributed by atoms with Crippen molar-refractivity contribution in [1.29, 1.82) is 0 Å². The molecule has 8 heteroatoms. The number of oxime groups is 1. The molecule has 0 spiro atoms. The van der Waals surface area contributed by atoms with Gasteiger partial charge in [0.05, 0.1) is 11.5 Å². The summed E-state index contributed by atoms with van der Waals surface area (Å²) < 4.78 is 23.2. The maximum absolute atomic E-state index is 12.8. The summed E-state index contributed by atoms with van der Waals surface area (Å²) >= 11 is 0. The van der Waals surface area contributed by atoms with E-state index in [9.17, 15) is 13.2 Å². The largest absolute Gasteiger partial charge is 0.409 e. The molecule has 3 N–H and O–H groups in total. The summed E-state index contributed by atoms with van der Waals surface area (Å²) in [6.45, 7) is 1.91. The van der Waals surface area contributed by atoms with Gasteiger partial charge in [-0.1, -0.05) is 18.0 Å². The Hall–Kier alpha value is -1.31. The summed E-state index contributed by atoms with van der Waals surface area (Å²) in [5, 5.41) is 12.0. The predicted octanol–water partition coefficient (Wildman–Crippen LogP) is -0.0613. The van der Waals surface area contributed by atoms with Crippen LogP contribution in [0.25, 0.3) is 0 Å². The summed E-state index contributed by atoms with van der Waals surface area (Å²) in [4.78, 5) is 14.4. The zero-order valence-corrected chi connectivity index (χ0v) is 12.4. The van der Waals surface area contributed by atoms with Crippen LogP contribution in [0.1, 0.15) is 32.6 Å². The van der Waals surface area contributed by atoms with Gasteiger partial charge in [0, 0.05) is 12.6 Å². The van der Waals surface area contributed by atoms with Gasteiger partial charge in [-0.2, -0.15) is 0 Å². The van der Waals surface area contributed by atoms with Crippen molar-refractivity contribution < 1.29 is 18.4 Å². The Balaban J connectivity index is 2.26. The number of amides is 1. The number of nitrogens with two attached hydrogens (primary N) is 1. The Morgan fingerprint density at radius 2 is 2.00 bits per heavy atom. The van der Waals surface area contributed by atoms with Crippen LogP contribution >= 0.6 is 0 Å². The van der Waals surface area contributed by atoms with E-state index in [-0.39, 0.29) is 35.8 Å². The first-order valence-electron chi connectivity index (χ1n) is 6.82. The van der Waals surface area contributed by atoms with Crippen molar-refractivity contribution in [2.45, 2.75) is 38.6 Å². The average Bonchev–Trinajstić information content (AvgIpc) is 2.86. The van der Waals surface area contributed by atoms with Crippen molar-refractivity contribution in [1.82, 2.24) is 4.90 Å². The molecular formula is C12H21N3O4S. The number of hydrogen-bond donors (Lipinski definition) is 2. The highest BCUT2D eigenvalue weighted by Gasteiger charge is 2.49. The molecule has 1 aliphatic carbocycles. The van der Waals surface area contributed by atoms with E-state index in [1.54, 1.807) is 11.8 Å². The molecule has 2 aliphatic rings. The fourth-order valence-electron chi connectivity index (χ4n) is 3.23. The van der Waals surface area contributed by atoms with Crippen LogP contribution in [-0.2, 0) is 14.6 Å². The molecule has 1 heterocycles. The van der Waals surface area contributed by atoms with E-state index in [2.05, 4.69) is 5.16 Å². The topological polar surface area (TPSA) is 113 Å². The monoisotopic (exact) mass is 303 g/mol. The summed E-state index contributed by atoms with van der Waals surface area (Å²) in [6.07, 6.45) is 2.81. The van der Waals surface area contributed by atoms with Crippen LogP contribution in [0.2, 0.25) is 0 Å². The van der Waals surface area contributed by atoms with Crippen LogP contribution in [-0.4, -0.2) is 54.4 Å². The summed E-state index contributed by atoms with van der Waals surface area (Å²) in [5.41, 5.74) is 4.80. The molecule has 2 rings (SSSR count). The third-order valence-electron chi connectivity index (χ3n) is 4.40. The molecule has 0 aromatic heterocycles. The normalized spacial score (nSPS) is 29.4. The molecule has 0 aromatic rings. The average molecular weight is 303 g/mol. The number of sulfone groups is 1. The Kier molecular flexibility index (Phi) is 3.95. The van der Waals surface area contributed by atoms with Gasteiger partial charge in [-0.3, -0.25) is 4.79 Å². The Morgan fingerprint density at radius 3 is 2.50 bits per heavy atom. The SMILES string of the molecule is CC1CS(=O)(=O)CCN1C(=O)C1(C(N)=NO)CCCC1. The number of hydrogen-bond acceptors (Lipinski definition) is 5. The number of rotatable bonds is 2. The van der Waals surface area contributed by atoms with Gasteiger partial charge in [0.15, 0.2) is 15.7 Å². The third-order valence-corrected chi connectivity index (χ3v) is 6.19. The smallest absolute Gasteiger partial charge is 0.236 e. The highest BCUT2D eigenvalue weighted by atomic mass is 32.2. The van der Waals surface area contributed by atoms with E-state index in [0.717, 1.165) is 12.8 Å². The fraction of sp³-hybridized carbons (Fsp3) is 0.833. The van der Waals surface area contributed by atoms with E-state index < -0.39 is 15.3 Å². The highest BCUT2D eigenvalue weighted by molar-refractivity contribution is 7.91. The quantitative estimate of drug-likeness (QED) is 0.321. The number of nitrogens with zero attached hydrogens (tertiary/aromatic N) is 2. The minimum absolute atomic E-state index is 0.0185. The Labute approximate surface area is 118 Å². The molecule has 1 unspecified atom stereocenters. The molecule has 1 amide bonds. The van der Waals surface area contributed by atoms with Gasteiger partial charge in [0.1, 0.15) is 5.41 Å². The molecule has 20 heavy (non-hydrogen) atoms. The van der Waals surface area contributed by atoms with E-state index in [0.29, 0.717) is 12.8 Å². The summed E-state index contributed by atoms with van der Waals surface area (Å²) in [6, 6.07) is -0.370. The van der Waals surface area contributed by atoms with Crippen molar-refractivity contribution in [3.63, 3.8) is 0 Å². The molecule has 0 bridgehead atoms. The van der Waals surface area contributed by atoms with Gasteiger partial charge >= 0.3 is 0 Å². The number of carbonyl (C=O) groups is 1. The highest BCUT2D eigenvalue weighted by Crippen LogP contribution is 2.40. The van der Waals surface area contributed by atoms with E-state index in [1.807, 2.05) is 0 Å². The Bertz CT molecular complexity index is 523. The minimum Gasteiger partial charge on any atom is -0.409 e. The molecule has 1 atom stereocenters. The zero-order chi connectivity index (χ0) is 15.0. The molecule has 2 fully saturated rings. The zero-order valence-electron chi connectivity index (χ0n) is 11.6. The number of carbonyl (C=O) groups excluding carboxylic acids is 1. The molecule has 1 aliphatic heterocycles. The second-order valence-corrected chi connectivity index (χ2v) is 7.97. The third kappa shape index (κ3) is 2.48. The lowest BCUT2D eigenvalue weighted by atomic mass is 9.83. The minimum atomic E-state index is -3.07. The standard InChI is InChI=1S/C12H21N3O4S/c1-9-8-20(18,19)7-6-15(9)11(16)12(10(13)14-17)4-2-3-5-12/h9,17H,2-8H2,1H3,(H2,13,14). The lowest BCUT2D eigenvalue weighted by molar-refractivity contribution is -0.139. The van der Waals surface area contributed by atoms with Crippen molar-refractivity contribution in [2.75, 3.05) is 18.1 Å². The molecule has 0 radical (unpaired) electrons. The van der Waals surface area contributed by atoms with E-state index in [4.69, 9.17) is 10.9 Å². The van der Waals surface area contributed by atoms with Crippen LogP contribution in [0.15, 0.2) is 5.16 Å². The molecule has 1 saturated carbocycles. The van der Waals surface area contributed by atoms with Crippen molar-refractivity contribution in [2.24, 2.45) is 16.3 Å². The van der Waals surface area contributed by atoms with Gasteiger partial charge in [-0.25, -0.2) is 8.42 Å². The second kappa shape index (κ2) is 5.23. The molecule has 1 saturated heterocycles. The van der Waals surface area contributed by atoms with Gasteiger partial charge < -0.3 is 15.8 Å². The van der Waals surface area contributed by atoms with Crippen molar-refractivity contribution in [3.8, 4) is 0 Å². The van der Waals surface area contributed by atoms with Crippen molar-refractivity contribution in [3.05, 3.63) is 0 Å². The predicted molar refractivity (Wildman–Crippen MR) is 74.1 cm³/mol. The Morgan fingerprint density at radius 1 is 1.40 bits per heavy atom. The van der Waals surface area contributed by atoms with Crippen LogP contribution in [0.3, 0.4) is 0 Å². The van der Waals surface area contributed by atoms with Crippen LogP contribution in [0.4, 0.5) is 0 Å². The fourth-order valence-corrected chi connectivity index (χ4v) is 4.79. The van der Waals surface area contributed by atoms with Crippen molar-refractivity contribution >= 4 is 21.6 Å². The molecule has 7 nitrogen and oxygen atoms in total. The molecule has 0 aromatic carbocycles. The van der Waals surface area contributed by atoms with E-state index >= 15 is 0 Å². The maximum Gasteiger partial charge on any atom is 0.236 e. The van der Waals surface area contributed by atoms with Crippen LogP contribution in [0, 0.1) is 5.41 Å². The van der Waals surface area contributed by atoms with Crippen LogP contribution < -0.4 is 5.73 Å².